The van der Waals surface area contributed by atoms with Crippen molar-refractivity contribution >= 4 is 52.0 Å². The number of imide groups is 1. The average Bonchev–Trinajstić information content (AvgIpc) is 3.27. The minimum atomic E-state index is -3.08. The van der Waals surface area contributed by atoms with Crippen molar-refractivity contribution in [2.45, 2.75) is 44.6 Å². The maximum atomic E-state index is 14.9. The number of benzene rings is 1. The van der Waals surface area contributed by atoms with E-state index in [1.807, 2.05) is 0 Å². The van der Waals surface area contributed by atoms with Crippen LogP contribution in [0.5, 0.6) is 0 Å². The largest absolute Gasteiger partial charge is 0.442 e. The first-order valence-electron chi connectivity index (χ1n) is 12.8. The second-order valence-electron chi connectivity index (χ2n) is 9.89. The zero-order valence-electron chi connectivity index (χ0n) is 22.0. The van der Waals surface area contributed by atoms with E-state index in [0.717, 1.165) is 11.8 Å². The maximum absolute atomic E-state index is 14.9. The summed E-state index contributed by atoms with van der Waals surface area (Å²) in [6.45, 7) is 1.51. The van der Waals surface area contributed by atoms with Gasteiger partial charge in [0.15, 0.2) is 0 Å². The highest BCUT2D eigenvalue weighted by Crippen LogP contribution is 2.33. The van der Waals surface area contributed by atoms with E-state index in [9.17, 15) is 32.0 Å². The van der Waals surface area contributed by atoms with Gasteiger partial charge in [-0.2, -0.15) is 0 Å². The summed E-state index contributed by atoms with van der Waals surface area (Å²) in [5.41, 5.74) is 0.623. The molecule has 0 spiro atoms. The normalized spacial score (nSPS) is 21.2. The second-order valence-corrected chi connectivity index (χ2v) is 12.2. The molecule has 12 nitrogen and oxygen atoms in total. The Hall–Kier alpha value is -2.97. The summed E-state index contributed by atoms with van der Waals surface area (Å²) < 4.78 is 53.5. The number of amides is 3. The van der Waals surface area contributed by atoms with Gasteiger partial charge in [-0.05, 0) is 62.4 Å². The predicted molar refractivity (Wildman–Crippen MR) is 142 cm³/mol. The van der Waals surface area contributed by atoms with Crippen LogP contribution in [0.25, 0.3) is 0 Å². The number of piperidine rings is 1. The average molecular weight is 606 g/mol. The molecule has 0 aliphatic carbocycles. The van der Waals surface area contributed by atoms with E-state index in [2.05, 4.69) is 5.32 Å². The molecule has 1 N–H and O–H groups in total. The lowest BCUT2D eigenvalue weighted by Crippen LogP contribution is -2.42. The molecule has 4 rings (SSSR count). The Bertz CT molecular complexity index is 1210. The van der Waals surface area contributed by atoms with Crippen LogP contribution >= 0.6 is 12.4 Å². The number of carbonyl (C=O) groups excluding carboxylic acids is 4. The summed E-state index contributed by atoms with van der Waals surface area (Å²) in [5, 5.41) is 3.13. The van der Waals surface area contributed by atoms with E-state index >= 15 is 0 Å². The molecule has 1 aromatic carbocycles. The highest BCUT2D eigenvalue weighted by molar-refractivity contribution is 7.91. The molecular formula is C25H33ClFN3O9S. The predicted octanol–water partition coefficient (Wildman–Crippen LogP) is 2.35. The Morgan fingerprint density at radius 3 is 2.42 bits per heavy atom. The standard InChI is InChI=1S/C25H32FN3O9S.ClH/c1-16(30)28(24(32)37-15-36-23(31)18-4-8-27-9-5-18)13-20-14-29(25(33)38-20)19-2-3-21(22(26)12-19)17-6-10-39(34,35)11-7-17;/h2-3,12,17-18,20,27H,4-11,13-15H2,1H3;1H/t20-;/m0./s1. The van der Waals surface area contributed by atoms with Crippen LogP contribution in [-0.4, -0.2) is 88.0 Å². The lowest BCUT2D eigenvalue weighted by molar-refractivity contribution is -0.158. The van der Waals surface area contributed by atoms with Crippen LogP contribution in [0, 0.1) is 11.7 Å². The molecule has 3 aliphatic heterocycles. The highest BCUT2D eigenvalue weighted by Gasteiger charge is 2.37. The highest BCUT2D eigenvalue weighted by atomic mass is 35.5. The molecule has 3 saturated heterocycles. The number of halogens is 2. The second kappa shape index (κ2) is 13.6. The van der Waals surface area contributed by atoms with Gasteiger partial charge < -0.3 is 19.5 Å². The summed E-state index contributed by atoms with van der Waals surface area (Å²) >= 11 is 0. The van der Waals surface area contributed by atoms with Crippen LogP contribution in [0.15, 0.2) is 18.2 Å². The lowest BCUT2D eigenvalue weighted by Gasteiger charge is -2.23. The number of nitrogens with zero attached hydrogens (tertiary/aromatic N) is 2. The number of carbonyl (C=O) groups is 4. The summed E-state index contributed by atoms with van der Waals surface area (Å²) in [7, 11) is -3.08. The molecule has 0 saturated carbocycles. The topological polar surface area (TPSA) is 149 Å². The molecule has 222 valence electrons. The van der Waals surface area contributed by atoms with E-state index in [-0.39, 0.29) is 54.5 Å². The fourth-order valence-corrected chi connectivity index (χ4v) is 6.46. The first-order chi connectivity index (χ1) is 18.5. The molecule has 3 aliphatic rings. The fourth-order valence-electron chi connectivity index (χ4n) is 4.97. The molecule has 15 heteroatoms. The summed E-state index contributed by atoms with van der Waals surface area (Å²) in [6, 6.07) is 4.28. The molecule has 0 radical (unpaired) electrons. The number of rotatable bonds is 7. The molecular weight excluding hydrogens is 573 g/mol. The number of hydrogen-bond donors (Lipinski definition) is 1. The summed E-state index contributed by atoms with van der Waals surface area (Å²) in [6.07, 6.45) is -0.830. The quantitative estimate of drug-likeness (QED) is 0.362. The van der Waals surface area contributed by atoms with Gasteiger partial charge in [0.1, 0.15) is 21.8 Å². The van der Waals surface area contributed by atoms with E-state index in [1.165, 1.54) is 17.0 Å². The minimum Gasteiger partial charge on any atom is -0.442 e. The van der Waals surface area contributed by atoms with Gasteiger partial charge in [0.25, 0.3) is 0 Å². The third-order valence-corrected chi connectivity index (χ3v) is 8.92. The van der Waals surface area contributed by atoms with Gasteiger partial charge in [0.05, 0.1) is 36.2 Å². The first-order valence-corrected chi connectivity index (χ1v) is 14.7. The first kappa shape index (κ1) is 31.6. The molecule has 3 heterocycles. The van der Waals surface area contributed by atoms with Gasteiger partial charge in [-0.15, -0.1) is 12.4 Å². The van der Waals surface area contributed by atoms with E-state index < -0.39 is 52.6 Å². The van der Waals surface area contributed by atoms with Crippen LogP contribution in [0.4, 0.5) is 19.7 Å². The van der Waals surface area contributed by atoms with Gasteiger partial charge in [0.2, 0.25) is 12.7 Å². The fraction of sp³-hybridized carbons (Fsp3) is 0.600. The Morgan fingerprint density at radius 1 is 1.12 bits per heavy atom. The SMILES string of the molecule is CC(=O)N(C[C@H]1CN(c2ccc(C3CCS(=O)(=O)CC3)c(F)c2)C(=O)O1)C(=O)OCOC(=O)C1CCNCC1.Cl. The van der Waals surface area contributed by atoms with Crippen LogP contribution in [0.2, 0.25) is 0 Å². The Morgan fingerprint density at radius 2 is 1.80 bits per heavy atom. The van der Waals surface area contributed by atoms with Crippen LogP contribution < -0.4 is 10.2 Å². The number of cyclic esters (lactones) is 1. The van der Waals surface area contributed by atoms with Gasteiger partial charge in [-0.1, -0.05) is 6.07 Å². The zero-order chi connectivity index (χ0) is 28.2. The summed E-state index contributed by atoms with van der Waals surface area (Å²) in [5.74, 6) is -2.19. The van der Waals surface area contributed by atoms with Gasteiger partial charge in [0, 0.05) is 6.92 Å². The van der Waals surface area contributed by atoms with Crippen LogP contribution in [0.1, 0.15) is 44.1 Å². The van der Waals surface area contributed by atoms with Crippen molar-refractivity contribution in [3.63, 3.8) is 0 Å². The molecule has 3 amide bonds. The van der Waals surface area contributed by atoms with E-state index in [4.69, 9.17) is 14.2 Å². The summed E-state index contributed by atoms with van der Waals surface area (Å²) in [4.78, 5) is 51.1. The number of nitrogens with one attached hydrogen (secondary N) is 1. The third-order valence-electron chi connectivity index (χ3n) is 7.21. The number of anilines is 1. The van der Waals surface area contributed by atoms with E-state index in [1.54, 1.807) is 6.07 Å². The van der Waals surface area contributed by atoms with Crippen molar-refractivity contribution in [1.29, 1.82) is 0 Å². The number of sulfone groups is 1. The van der Waals surface area contributed by atoms with Crippen molar-refractivity contribution in [3.05, 3.63) is 29.6 Å². The van der Waals surface area contributed by atoms with Crippen molar-refractivity contribution in [2.24, 2.45) is 5.92 Å². The Balaban J connectivity index is 0.00000441. The molecule has 3 fully saturated rings. The van der Waals surface area contributed by atoms with Crippen molar-refractivity contribution in [2.75, 3.05) is 49.4 Å². The molecule has 40 heavy (non-hydrogen) atoms. The molecule has 0 bridgehead atoms. The van der Waals surface area contributed by atoms with E-state index in [0.29, 0.717) is 44.3 Å². The minimum absolute atomic E-state index is 0. The van der Waals surface area contributed by atoms with Crippen LogP contribution in [-0.2, 0) is 33.6 Å². The maximum Gasteiger partial charge on any atom is 0.419 e. The number of esters is 1. The van der Waals surface area contributed by atoms with Gasteiger partial charge >= 0.3 is 18.2 Å². The van der Waals surface area contributed by atoms with Gasteiger partial charge in [-0.25, -0.2) is 27.3 Å². The number of ether oxygens (including phenoxy) is 3. The Labute approximate surface area is 237 Å². The molecule has 0 aromatic heterocycles. The third kappa shape index (κ3) is 7.82. The molecule has 1 atom stereocenters. The smallest absolute Gasteiger partial charge is 0.419 e. The van der Waals surface area contributed by atoms with Crippen molar-refractivity contribution in [1.82, 2.24) is 10.2 Å². The monoisotopic (exact) mass is 605 g/mol. The molecule has 1 aromatic rings. The van der Waals surface area contributed by atoms with Gasteiger partial charge in [-0.3, -0.25) is 14.5 Å². The lowest BCUT2D eigenvalue weighted by atomic mass is 9.93. The van der Waals surface area contributed by atoms with Crippen LogP contribution in [0.3, 0.4) is 0 Å². The van der Waals surface area contributed by atoms with Crippen molar-refractivity contribution in [3.8, 4) is 0 Å². The molecule has 0 unspecified atom stereocenters. The number of hydrogen-bond acceptors (Lipinski definition) is 10. The Kier molecular flexibility index (Phi) is 10.7. The zero-order valence-corrected chi connectivity index (χ0v) is 23.6. The van der Waals surface area contributed by atoms with Crippen molar-refractivity contribution < 1.29 is 46.2 Å².